The molecule has 0 bridgehead atoms. The minimum Gasteiger partial charge on any atom is -0.454 e. The van der Waals surface area contributed by atoms with Crippen LogP contribution in [0.5, 0.6) is 11.5 Å². The molecule has 0 aliphatic carbocycles. The lowest BCUT2D eigenvalue weighted by molar-refractivity contribution is -0.139. The summed E-state index contributed by atoms with van der Waals surface area (Å²) >= 11 is 0. The van der Waals surface area contributed by atoms with Crippen molar-refractivity contribution in [2.24, 2.45) is 5.92 Å². The molecule has 2 heterocycles. The van der Waals surface area contributed by atoms with Crippen LogP contribution in [-0.2, 0) is 16.0 Å². The molecule has 2 aliphatic heterocycles. The monoisotopic (exact) mass is 374 g/mol. The first-order chi connectivity index (χ1) is 13.1. The van der Waals surface area contributed by atoms with Gasteiger partial charge in [0.15, 0.2) is 11.5 Å². The van der Waals surface area contributed by atoms with Gasteiger partial charge >= 0.3 is 0 Å². The summed E-state index contributed by atoms with van der Waals surface area (Å²) in [6.07, 6.45) is 4.84. The largest absolute Gasteiger partial charge is 0.454 e. The maximum Gasteiger partial charge on any atom is 0.231 e. The third-order valence-electron chi connectivity index (χ3n) is 5.48. The molecule has 6 nitrogen and oxygen atoms in total. The Morgan fingerprint density at radius 3 is 2.67 bits per heavy atom. The minimum atomic E-state index is 0.0600. The van der Waals surface area contributed by atoms with Crippen LogP contribution in [-0.4, -0.2) is 55.1 Å². The van der Waals surface area contributed by atoms with Gasteiger partial charge in [-0.3, -0.25) is 9.59 Å². The van der Waals surface area contributed by atoms with E-state index in [2.05, 4.69) is 6.92 Å². The van der Waals surface area contributed by atoms with Gasteiger partial charge in [0, 0.05) is 39.0 Å². The molecule has 0 atom stereocenters. The van der Waals surface area contributed by atoms with Gasteiger partial charge in [-0.1, -0.05) is 19.4 Å². The standard InChI is InChI=1S/C21H30N2O4/c1-3-4-11-22(2)21(25)17-9-12-23(13-10-17)20(24)8-6-16-5-7-18-19(14-16)27-15-26-18/h5,7,14,17H,3-4,6,8-13,15H2,1-2H3. The van der Waals surface area contributed by atoms with Crippen molar-refractivity contribution in [1.29, 1.82) is 0 Å². The number of ether oxygens (including phenoxy) is 2. The van der Waals surface area contributed by atoms with Gasteiger partial charge in [0.1, 0.15) is 0 Å². The quantitative estimate of drug-likeness (QED) is 0.736. The maximum absolute atomic E-state index is 12.5. The molecular formula is C21H30N2O4. The van der Waals surface area contributed by atoms with Gasteiger partial charge in [-0.05, 0) is 43.4 Å². The molecule has 0 saturated carbocycles. The lowest BCUT2D eigenvalue weighted by Gasteiger charge is -2.33. The Morgan fingerprint density at radius 2 is 1.93 bits per heavy atom. The summed E-state index contributed by atoms with van der Waals surface area (Å²) in [5.74, 6) is 1.98. The van der Waals surface area contributed by atoms with Gasteiger partial charge in [0.25, 0.3) is 0 Å². The van der Waals surface area contributed by atoms with Crippen molar-refractivity contribution in [2.45, 2.75) is 45.4 Å². The number of aryl methyl sites for hydroxylation is 1. The highest BCUT2D eigenvalue weighted by Crippen LogP contribution is 2.32. The van der Waals surface area contributed by atoms with Crippen LogP contribution in [0.1, 0.15) is 44.6 Å². The number of likely N-dealkylation sites (tertiary alicyclic amines) is 1. The molecular weight excluding hydrogens is 344 g/mol. The zero-order valence-electron chi connectivity index (χ0n) is 16.4. The smallest absolute Gasteiger partial charge is 0.231 e. The molecule has 0 unspecified atom stereocenters. The van der Waals surface area contributed by atoms with E-state index in [1.54, 1.807) is 0 Å². The highest BCUT2D eigenvalue weighted by atomic mass is 16.7. The van der Waals surface area contributed by atoms with E-state index >= 15 is 0 Å². The molecule has 2 amide bonds. The maximum atomic E-state index is 12.5. The van der Waals surface area contributed by atoms with Crippen LogP contribution in [0.25, 0.3) is 0 Å². The summed E-state index contributed by atoms with van der Waals surface area (Å²) < 4.78 is 10.7. The Hall–Kier alpha value is -2.24. The van der Waals surface area contributed by atoms with Gasteiger partial charge in [0.2, 0.25) is 18.6 Å². The number of piperidine rings is 1. The topological polar surface area (TPSA) is 59.1 Å². The van der Waals surface area contributed by atoms with Crippen LogP contribution in [0.15, 0.2) is 18.2 Å². The van der Waals surface area contributed by atoms with Crippen LogP contribution in [0, 0.1) is 5.92 Å². The number of nitrogens with zero attached hydrogens (tertiary/aromatic N) is 2. The molecule has 27 heavy (non-hydrogen) atoms. The van der Waals surface area contributed by atoms with Gasteiger partial charge < -0.3 is 19.3 Å². The minimum absolute atomic E-state index is 0.0600. The molecule has 0 N–H and O–H groups in total. The molecule has 0 aromatic heterocycles. The number of carbonyl (C=O) groups is 2. The van der Waals surface area contributed by atoms with Crippen molar-refractivity contribution < 1.29 is 19.1 Å². The molecule has 1 saturated heterocycles. The Bertz CT molecular complexity index is 668. The van der Waals surface area contributed by atoms with Crippen molar-refractivity contribution in [3.8, 4) is 11.5 Å². The van der Waals surface area contributed by atoms with Crippen molar-refractivity contribution in [2.75, 3.05) is 33.5 Å². The summed E-state index contributed by atoms with van der Waals surface area (Å²) in [5, 5.41) is 0. The lowest BCUT2D eigenvalue weighted by atomic mass is 9.95. The third kappa shape index (κ3) is 4.93. The average molecular weight is 374 g/mol. The van der Waals surface area contributed by atoms with E-state index in [-0.39, 0.29) is 24.5 Å². The molecule has 3 rings (SSSR count). The number of rotatable bonds is 7. The first-order valence-corrected chi connectivity index (χ1v) is 9.99. The van der Waals surface area contributed by atoms with E-state index in [0.717, 1.165) is 49.3 Å². The first-order valence-electron chi connectivity index (χ1n) is 9.99. The fraction of sp³-hybridized carbons (Fsp3) is 0.619. The predicted octanol–water partition coefficient (Wildman–Crippen LogP) is 2.85. The second kappa shape index (κ2) is 9.11. The van der Waals surface area contributed by atoms with Crippen molar-refractivity contribution >= 4 is 11.8 Å². The van der Waals surface area contributed by atoms with Gasteiger partial charge in [-0.2, -0.15) is 0 Å². The number of fused-ring (bicyclic) bond motifs is 1. The molecule has 6 heteroatoms. The van der Waals surface area contributed by atoms with Crippen molar-refractivity contribution in [3.63, 3.8) is 0 Å². The molecule has 1 aromatic carbocycles. The highest BCUT2D eigenvalue weighted by Gasteiger charge is 2.28. The predicted molar refractivity (Wildman–Crippen MR) is 103 cm³/mol. The summed E-state index contributed by atoms with van der Waals surface area (Å²) in [6.45, 7) is 4.57. The van der Waals surface area contributed by atoms with Gasteiger partial charge in [-0.25, -0.2) is 0 Å². The Balaban J connectivity index is 1.42. The summed E-state index contributed by atoms with van der Waals surface area (Å²) in [5.41, 5.74) is 1.08. The summed E-state index contributed by atoms with van der Waals surface area (Å²) in [4.78, 5) is 28.8. The van der Waals surface area contributed by atoms with Gasteiger partial charge in [0.05, 0.1) is 0 Å². The molecule has 0 spiro atoms. The van der Waals surface area contributed by atoms with Crippen molar-refractivity contribution in [3.05, 3.63) is 23.8 Å². The van der Waals surface area contributed by atoms with E-state index in [1.807, 2.05) is 35.0 Å². The molecule has 2 aliphatic rings. The molecule has 1 fully saturated rings. The van der Waals surface area contributed by atoms with Crippen LogP contribution >= 0.6 is 0 Å². The van der Waals surface area contributed by atoms with E-state index in [4.69, 9.17) is 9.47 Å². The SMILES string of the molecule is CCCCN(C)C(=O)C1CCN(C(=O)CCc2ccc3c(c2)OCO3)CC1. The second-order valence-electron chi connectivity index (χ2n) is 7.46. The zero-order valence-corrected chi connectivity index (χ0v) is 16.4. The Kier molecular flexibility index (Phi) is 6.58. The number of unbranched alkanes of at least 4 members (excludes halogenated alkanes) is 1. The summed E-state index contributed by atoms with van der Waals surface area (Å²) in [6, 6.07) is 5.83. The molecule has 148 valence electrons. The van der Waals surface area contributed by atoms with Crippen LogP contribution in [0.3, 0.4) is 0 Å². The number of benzene rings is 1. The van der Waals surface area contributed by atoms with Crippen LogP contribution in [0.4, 0.5) is 0 Å². The normalized spacial score (nSPS) is 16.4. The van der Waals surface area contributed by atoms with E-state index in [0.29, 0.717) is 25.9 Å². The second-order valence-corrected chi connectivity index (χ2v) is 7.46. The lowest BCUT2D eigenvalue weighted by Crippen LogP contribution is -2.43. The van der Waals surface area contributed by atoms with Crippen LogP contribution < -0.4 is 9.47 Å². The molecule has 0 radical (unpaired) electrons. The fourth-order valence-corrected chi connectivity index (χ4v) is 3.70. The number of hydrogen-bond donors (Lipinski definition) is 0. The molecule has 1 aromatic rings. The zero-order chi connectivity index (χ0) is 19.2. The van der Waals surface area contributed by atoms with Crippen molar-refractivity contribution in [1.82, 2.24) is 9.80 Å². The van der Waals surface area contributed by atoms with Crippen LogP contribution in [0.2, 0.25) is 0 Å². The van der Waals surface area contributed by atoms with E-state index in [1.165, 1.54) is 0 Å². The summed E-state index contributed by atoms with van der Waals surface area (Å²) in [7, 11) is 1.89. The highest BCUT2D eigenvalue weighted by molar-refractivity contribution is 5.80. The number of hydrogen-bond acceptors (Lipinski definition) is 4. The third-order valence-corrected chi connectivity index (χ3v) is 5.48. The van der Waals surface area contributed by atoms with E-state index in [9.17, 15) is 9.59 Å². The number of carbonyl (C=O) groups excluding carboxylic acids is 2. The first kappa shape index (κ1) is 19.5. The average Bonchev–Trinajstić information content (AvgIpc) is 3.17. The Morgan fingerprint density at radius 1 is 1.19 bits per heavy atom. The fourth-order valence-electron chi connectivity index (χ4n) is 3.70. The number of amides is 2. The van der Waals surface area contributed by atoms with E-state index < -0.39 is 0 Å². The van der Waals surface area contributed by atoms with Gasteiger partial charge in [-0.15, -0.1) is 0 Å². The Labute approximate surface area is 161 Å².